The van der Waals surface area contributed by atoms with Crippen LogP contribution in [-0.2, 0) is 0 Å². The predicted molar refractivity (Wildman–Crippen MR) is 104 cm³/mol. The van der Waals surface area contributed by atoms with Crippen molar-refractivity contribution in [2.75, 3.05) is 38.1 Å². The summed E-state index contributed by atoms with van der Waals surface area (Å²) in [7, 11) is 1.98. The lowest BCUT2D eigenvalue weighted by Gasteiger charge is -2.34. The maximum absolute atomic E-state index is 13.7. The highest BCUT2D eigenvalue weighted by atomic mass is 19.4. The molecule has 0 atom stereocenters. The van der Waals surface area contributed by atoms with E-state index in [-0.39, 0.29) is 10.9 Å². The van der Waals surface area contributed by atoms with Crippen molar-refractivity contribution >= 4 is 16.9 Å². The first-order chi connectivity index (χ1) is 14.2. The van der Waals surface area contributed by atoms with Crippen LogP contribution in [0.4, 0.5) is 23.5 Å². The minimum absolute atomic E-state index is 0.213. The summed E-state index contributed by atoms with van der Waals surface area (Å²) in [5, 5.41) is 0.213. The molecule has 2 aromatic carbocycles. The SMILES string of the molecule is CN1CCN(c2nc3cc(F)ccc3c(=O)n2-c2ccc(OC(F)(F)F)cc2)CC1. The van der Waals surface area contributed by atoms with Gasteiger partial charge in [0.1, 0.15) is 11.6 Å². The molecular weight excluding hydrogens is 404 g/mol. The number of alkyl halides is 3. The van der Waals surface area contributed by atoms with Gasteiger partial charge in [-0.05, 0) is 43.4 Å². The Morgan fingerprint density at radius 1 is 1.00 bits per heavy atom. The summed E-state index contributed by atoms with van der Waals surface area (Å²) in [5.74, 6) is -0.586. The van der Waals surface area contributed by atoms with Gasteiger partial charge in [-0.25, -0.2) is 13.9 Å². The molecule has 0 amide bonds. The van der Waals surface area contributed by atoms with Crippen LogP contribution in [0.15, 0.2) is 47.3 Å². The molecule has 10 heteroatoms. The Morgan fingerprint density at radius 2 is 1.67 bits per heavy atom. The average Bonchev–Trinajstić information content (AvgIpc) is 2.68. The van der Waals surface area contributed by atoms with Gasteiger partial charge in [-0.15, -0.1) is 13.2 Å². The van der Waals surface area contributed by atoms with Gasteiger partial charge < -0.3 is 14.5 Å². The van der Waals surface area contributed by atoms with E-state index in [1.165, 1.54) is 34.9 Å². The molecule has 1 fully saturated rings. The van der Waals surface area contributed by atoms with Gasteiger partial charge in [-0.2, -0.15) is 0 Å². The van der Waals surface area contributed by atoms with Crippen molar-refractivity contribution in [3.05, 3.63) is 58.6 Å². The molecule has 30 heavy (non-hydrogen) atoms. The van der Waals surface area contributed by atoms with Crippen molar-refractivity contribution in [2.45, 2.75) is 6.36 Å². The van der Waals surface area contributed by atoms with E-state index in [9.17, 15) is 22.4 Å². The van der Waals surface area contributed by atoms with E-state index in [0.29, 0.717) is 24.7 Å². The molecule has 0 spiro atoms. The second-order valence-corrected chi connectivity index (χ2v) is 7.05. The molecule has 0 N–H and O–H groups in total. The third-order valence-corrected chi connectivity index (χ3v) is 4.93. The molecule has 0 unspecified atom stereocenters. The largest absolute Gasteiger partial charge is 0.573 e. The number of halogens is 4. The van der Waals surface area contributed by atoms with Gasteiger partial charge in [-0.1, -0.05) is 0 Å². The molecule has 3 aromatic rings. The van der Waals surface area contributed by atoms with Gasteiger partial charge in [0.25, 0.3) is 5.56 Å². The first-order valence-electron chi connectivity index (χ1n) is 9.23. The molecule has 1 aromatic heterocycles. The average molecular weight is 422 g/mol. The molecule has 0 radical (unpaired) electrons. The van der Waals surface area contributed by atoms with Crippen LogP contribution in [0.25, 0.3) is 16.6 Å². The topological polar surface area (TPSA) is 50.6 Å². The van der Waals surface area contributed by atoms with Crippen LogP contribution in [0.1, 0.15) is 0 Å². The zero-order chi connectivity index (χ0) is 21.5. The number of nitrogens with zero attached hydrogens (tertiary/aromatic N) is 4. The summed E-state index contributed by atoms with van der Waals surface area (Å²) >= 11 is 0. The summed E-state index contributed by atoms with van der Waals surface area (Å²) in [4.78, 5) is 21.8. The molecule has 158 valence electrons. The Labute approximate surface area is 168 Å². The number of rotatable bonds is 3. The van der Waals surface area contributed by atoms with Crippen LogP contribution >= 0.6 is 0 Å². The van der Waals surface area contributed by atoms with Crippen molar-refractivity contribution in [3.8, 4) is 11.4 Å². The molecule has 0 aliphatic carbocycles. The lowest BCUT2D eigenvalue weighted by molar-refractivity contribution is -0.274. The molecule has 4 rings (SSSR count). The first kappa shape index (κ1) is 20.1. The highest BCUT2D eigenvalue weighted by Gasteiger charge is 2.31. The Bertz CT molecular complexity index is 1120. The van der Waals surface area contributed by atoms with Gasteiger partial charge in [0.15, 0.2) is 0 Å². The molecule has 1 aliphatic heterocycles. The normalized spacial score (nSPS) is 15.6. The van der Waals surface area contributed by atoms with Crippen molar-refractivity contribution in [2.24, 2.45) is 0 Å². The maximum Gasteiger partial charge on any atom is 0.573 e. The minimum atomic E-state index is -4.81. The summed E-state index contributed by atoms with van der Waals surface area (Å²) in [6, 6.07) is 8.71. The zero-order valence-electron chi connectivity index (χ0n) is 16.0. The fraction of sp³-hybridized carbons (Fsp3) is 0.300. The van der Waals surface area contributed by atoms with E-state index < -0.39 is 23.5 Å². The van der Waals surface area contributed by atoms with Crippen molar-refractivity contribution in [1.29, 1.82) is 0 Å². The molecule has 6 nitrogen and oxygen atoms in total. The van der Waals surface area contributed by atoms with Gasteiger partial charge in [0.05, 0.1) is 16.6 Å². The fourth-order valence-corrected chi connectivity index (χ4v) is 3.40. The fourth-order valence-electron chi connectivity index (χ4n) is 3.40. The Kier molecular flexibility index (Phi) is 5.10. The van der Waals surface area contributed by atoms with E-state index in [2.05, 4.69) is 14.6 Å². The highest BCUT2D eigenvalue weighted by molar-refractivity contribution is 5.79. The lowest BCUT2D eigenvalue weighted by atomic mass is 10.2. The van der Waals surface area contributed by atoms with Crippen molar-refractivity contribution < 1.29 is 22.3 Å². The van der Waals surface area contributed by atoms with E-state index in [1.54, 1.807) is 0 Å². The van der Waals surface area contributed by atoms with Crippen molar-refractivity contribution in [3.63, 3.8) is 0 Å². The third-order valence-electron chi connectivity index (χ3n) is 4.93. The number of aromatic nitrogens is 2. The van der Waals surface area contributed by atoms with Crippen LogP contribution in [0.3, 0.4) is 0 Å². The summed E-state index contributed by atoms with van der Waals surface area (Å²) in [6.07, 6.45) is -4.81. The number of hydrogen-bond acceptors (Lipinski definition) is 5. The smallest absolute Gasteiger partial charge is 0.406 e. The van der Waals surface area contributed by atoms with Gasteiger partial charge in [0.2, 0.25) is 5.95 Å². The number of likely N-dealkylation sites (N-methyl/N-ethyl adjacent to an activating group) is 1. The lowest BCUT2D eigenvalue weighted by Crippen LogP contribution is -2.46. The zero-order valence-corrected chi connectivity index (χ0v) is 16.0. The molecule has 0 saturated carbocycles. The number of ether oxygens (including phenoxy) is 1. The Hall–Kier alpha value is -3.14. The van der Waals surface area contributed by atoms with Gasteiger partial charge >= 0.3 is 6.36 Å². The summed E-state index contributed by atoms with van der Waals surface area (Å²) < 4.78 is 56.3. The van der Waals surface area contributed by atoms with E-state index in [0.717, 1.165) is 25.2 Å². The van der Waals surface area contributed by atoms with Crippen LogP contribution in [0.5, 0.6) is 5.75 Å². The number of anilines is 1. The number of benzene rings is 2. The van der Waals surface area contributed by atoms with E-state index in [1.807, 2.05) is 11.9 Å². The second-order valence-electron chi connectivity index (χ2n) is 7.05. The molecule has 0 bridgehead atoms. The number of hydrogen-bond donors (Lipinski definition) is 0. The van der Waals surface area contributed by atoms with Crippen molar-refractivity contribution in [1.82, 2.24) is 14.5 Å². The molecule has 2 heterocycles. The van der Waals surface area contributed by atoms with Crippen LogP contribution in [0.2, 0.25) is 0 Å². The summed E-state index contributed by atoms with van der Waals surface area (Å²) in [6.45, 7) is 2.68. The van der Waals surface area contributed by atoms with E-state index in [4.69, 9.17) is 0 Å². The Morgan fingerprint density at radius 3 is 2.30 bits per heavy atom. The van der Waals surface area contributed by atoms with Crippen LogP contribution < -0.4 is 15.2 Å². The first-order valence-corrected chi connectivity index (χ1v) is 9.23. The standard InChI is InChI=1S/C20H18F4N4O2/c1-26-8-10-27(11-9-26)19-25-17-12-13(21)2-7-16(17)18(29)28(19)14-3-5-15(6-4-14)30-20(22,23)24/h2-7,12H,8-11H2,1H3. The quantitative estimate of drug-likeness (QED) is 0.607. The predicted octanol–water partition coefficient (Wildman–Crippen LogP) is 3.18. The third kappa shape index (κ3) is 4.09. The second kappa shape index (κ2) is 7.60. The maximum atomic E-state index is 13.7. The molecule has 1 saturated heterocycles. The number of piperazine rings is 1. The van der Waals surface area contributed by atoms with Gasteiger partial charge in [0, 0.05) is 32.2 Å². The number of fused-ring (bicyclic) bond motifs is 1. The van der Waals surface area contributed by atoms with Gasteiger partial charge in [-0.3, -0.25) is 4.79 Å². The minimum Gasteiger partial charge on any atom is -0.406 e. The van der Waals surface area contributed by atoms with Crippen LogP contribution in [0, 0.1) is 5.82 Å². The van der Waals surface area contributed by atoms with Crippen LogP contribution in [-0.4, -0.2) is 54.0 Å². The molecule has 1 aliphatic rings. The monoisotopic (exact) mass is 422 g/mol. The Balaban J connectivity index is 1.84. The van der Waals surface area contributed by atoms with E-state index >= 15 is 0 Å². The highest BCUT2D eigenvalue weighted by Crippen LogP contribution is 2.26. The molecular formula is C20H18F4N4O2. The summed E-state index contributed by atoms with van der Waals surface area (Å²) in [5.41, 5.74) is 0.128.